The molecule has 0 saturated carbocycles. The number of aryl methyl sites for hydroxylation is 2. The van der Waals surface area contributed by atoms with E-state index in [1.54, 1.807) is 6.33 Å². The Morgan fingerprint density at radius 3 is 3.04 bits per heavy atom. The van der Waals surface area contributed by atoms with Crippen molar-refractivity contribution in [3.63, 3.8) is 0 Å². The predicted molar refractivity (Wildman–Crippen MR) is 105 cm³/mol. The van der Waals surface area contributed by atoms with E-state index in [-0.39, 0.29) is 12.1 Å². The van der Waals surface area contributed by atoms with Crippen LogP contribution in [0.1, 0.15) is 23.4 Å². The Morgan fingerprint density at radius 1 is 1.25 bits per heavy atom. The monoisotopic (exact) mass is 377 g/mol. The second-order valence-electron chi connectivity index (χ2n) is 6.95. The first-order valence-electron chi connectivity index (χ1n) is 9.41. The normalized spacial score (nSPS) is 15.5. The molecule has 2 heterocycles. The summed E-state index contributed by atoms with van der Waals surface area (Å²) in [4.78, 5) is 16.5. The summed E-state index contributed by atoms with van der Waals surface area (Å²) in [6, 6.07) is 15.5. The molecule has 3 aromatic rings. The van der Waals surface area contributed by atoms with Crippen molar-refractivity contribution in [3.05, 3.63) is 71.8 Å². The number of rotatable bonds is 5. The zero-order chi connectivity index (χ0) is 19.3. The summed E-state index contributed by atoms with van der Waals surface area (Å²) in [5, 5.41) is 10.1. The fraction of sp³-hybridized carbons (Fsp3) is 0.286. The SMILES string of the molecule is Cc1cccc(Oc2ccccc2CNC(=O)NC2CCc3ncnn3C2)c1. The molecule has 7 nitrogen and oxygen atoms in total. The molecule has 2 amide bonds. The molecule has 0 bridgehead atoms. The number of benzene rings is 2. The van der Waals surface area contributed by atoms with Crippen LogP contribution >= 0.6 is 0 Å². The third-order valence-corrected chi connectivity index (χ3v) is 4.77. The van der Waals surface area contributed by atoms with Gasteiger partial charge in [-0.2, -0.15) is 5.10 Å². The average Bonchev–Trinajstić information content (AvgIpc) is 3.15. The molecule has 28 heavy (non-hydrogen) atoms. The van der Waals surface area contributed by atoms with E-state index in [2.05, 4.69) is 20.7 Å². The minimum atomic E-state index is -0.195. The maximum atomic E-state index is 12.3. The zero-order valence-electron chi connectivity index (χ0n) is 15.8. The van der Waals surface area contributed by atoms with Crippen LogP contribution < -0.4 is 15.4 Å². The number of urea groups is 1. The van der Waals surface area contributed by atoms with Gasteiger partial charge in [-0.1, -0.05) is 30.3 Å². The predicted octanol–water partition coefficient (Wildman–Crippen LogP) is 3.19. The van der Waals surface area contributed by atoms with Crippen molar-refractivity contribution in [1.29, 1.82) is 0 Å². The molecule has 2 aromatic carbocycles. The molecule has 1 unspecified atom stereocenters. The molecule has 0 spiro atoms. The topological polar surface area (TPSA) is 81.1 Å². The van der Waals surface area contributed by atoms with Crippen molar-refractivity contribution in [3.8, 4) is 11.5 Å². The third-order valence-electron chi connectivity index (χ3n) is 4.77. The summed E-state index contributed by atoms with van der Waals surface area (Å²) in [6.45, 7) is 3.06. The first-order valence-corrected chi connectivity index (χ1v) is 9.41. The van der Waals surface area contributed by atoms with Crippen LogP contribution in [-0.2, 0) is 19.5 Å². The lowest BCUT2D eigenvalue weighted by Crippen LogP contribution is -2.45. The van der Waals surface area contributed by atoms with E-state index in [1.807, 2.05) is 60.1 Å². The fourth-order valence-corrected chi connectivity index (χ4v) is 3.32. The second kappa shape index (κ2) is 8.12. The maximum absolute atomic E-state index is 12.3. The molecule has 2 N–H and O–H groups in total. The lowest BCUT2D eigenvalue weighted by molar-refractivity contribution is 0.231. The first kappa shape index (κ1) is 18.0. The van der Waals surface area contributed by atoms with Crippen molar-refractivity contribution in [2.24, 2.45) is 0 Å². The Morgan fingerprint density at radius 2 is 2.14 bits per heavy atom. The highest BCUT2D eigenvalue weighted by molar-refractivity contribution is 5.74. The summed E-state index contributed by atoms with van der Waals surface area (Å²) >= 11 is 0. The second-order valence-corrected chi connectivity index (χ2v) is 6.95. The van der Waals surface area contributed by atoms with Gasteiger partial charge in [0.1, 0.15) is 23.7 Å². The molecule has 4 rings (SSSR count). The van der Waals surface area contributed by atoms with E-state index < -0.39 is 0 Å². The van der Waals surface area contributed by atoms with Crippen LogP contribution in [0.5, 0.6) is 11.5 Å². The summed E-state index contributed by atoms with van der Waals surface area (Å²) in [5.41, 5.74) is 2.05. The molecule has 144 valence electrons. The van der Waals surface area contributed by atoms with Crippen molar-refractivity contribution in [2.75, 3.05) is 0 Å². The number of carbonyl (C=O) groups excluding carboxylic acids is 1. The number of ether oxygens (including phenoxy) is 1. The van der Waals surface area contributed by atoms with Gasteiger partial charge in [-0.15, -0.1) is 0 Å². The van der Waals surface area contributed by atoms with Crippen molar-refractivity contribution in [1.82, 2.24) is 25.4 Å². The Bertz CT molecular complexity index is 969. The number of carbonyl (C=O) groups is 1. The van der Waals surface area contributed by atoms with Gasteiger partial charge in [-0.25, -0.2) is 14.5 Å². The van der Waals surface area contributed by atoms with Crippen molar-refractivity contribution in [2.45, 2.75) is 38.9 Å². The van der Waals surface area contributed by atoms with Gasteiger partial charge in [0.05, 0.1) is 12.6 Å². The third kappa shape index (κ3) is 4.31. The number of nitrogens with zero attached hydrogens (tertiary/aromatic N) is 3. The number of hydrogen-bond donors (Lipinski definition) is 2. The van der Waals surface area contributed by atoms with Crippen LogP contribution in [0, 0.1) is 6.92 Å². The molecule has 1 atom stereocenters. The number of nitrogens with one attached hydrogen (secondary N) is 2. The first-order chi connectivity index (χ1) is 13.7. The smallest absolute Gasteiger partial charge is 0.315 e. The lowest BCUT2D eigenvalue weighted by atomic mass is 10.1. The van der Waals surface area contributed by atoms with Gasteiger partial charge in [-0.05, 0) is 37.1 Å². The molecule has 0 saturated heterocycles. The zero-order valence-corrected chi connectivity index (χ0v) is 15.8. The van der Waals surface area contributed by atoms with Gasteiger partial charge in [0.2, 0.25) is 0 Å². The van der Waals surface area contributed by atoms with Gasteiger partial charge in [-0.3, -0.25) is 0 Å². The number of aromatic nitrogens is 3. The van der Waals surface area contributed by atoms with Crippen LogP contribution in [0.15, 0.2) is 54.9 Å². The van der Waals surface area contributed by atoms with Gasteiger partial charge in [0, 0.05) is 18.5 Å². The number of hydrogen-bond acceptors (Lipinski definition) is 4. The van der Waals surface area contributed by atoms with Gasteiger partial charge in [0.15, 0.2) is 0 Å². The maximum Gasteiger partial charge on any atom is 0.315 e. The molecular weight excluding hydrogens is 354 g/mol. The Labute approximate surface area is 163 Å². The molecule has 1 aliphatic rings. The molecular formula is C21H23N5O2. The molecule has 0 radical (unpaired) electrons. The van der Waals surface area contributed by atoms with E-state index in [0.717, 1.165) is 41.3 Å². The Hall–Kier alpha value is -3.35. The Kier molecular flexibility index (Phi) is 5.23. The number of para-hydroxylation sites is 1. The van der Waals surface area contributed by atoms with Crippen LogP contribution in [-0.4, -0.2) is 26.8 Å². The van der Waals surface area contributed by atoms with E-state index >= 15 is 0 Å². The minimum Gasteiger partial charge on any atom is -0.457 e. The fourth-order valence-electron chi connectivity index (χ4n) is 3.32. The largest absolute Gasteiger partial charge is 0.457 e. The van der Waals surface area contributed by atoms with Crippen molar-refractivity contribution >= 4 is 6.03 Å². The van der Waals surface area contributed by atoms with Crippen molar-refractivity contribution < 1.29 is 9.53 Å². The van der Waals surface area contributed by atoms with E-state index in [1.165, 1.54) is 0 Å². The lowest BCUT2D eigenvalue weighted by Gasteiger charge is -2.23. The van der Waals surface area contributed by atoms with Crippen LogP contribution in [0.3, 0.4) is 0 Å². The van der Waals surface area contributed by atoms with E-state index in [4.69, 9.17) is 4.74 Å². The summed E-state index contributed by atoms with van der Waals surface area (Å²) in [7, 11) is 0. The van der Waals surface area contributed by atoms with E-state index in [9.17, 15) is 4.79 Å². The van der Waals surface area contributed by atoms with E-state index in [0.29, 0.717) is 13.1 Å². The highest BCUT2D eigenvalue weighted by atomic mass is 16.5. The van der Waals surface area contributed by atoms with Gasteiger partial charge < -0.3 is 15.4 Å². The highest BCUT2D eigenvalue weighted by Gasteiger charge is 2.21. The van der Waals surface area contributed by atoms with Gasteiger partial charge in [0.25, 0.3) is 0 Å². The van der Waals surface area contributed by atoms with Crippen LogP contribution in [0.4, 0.5) is 4.79 Å². The quantitative estimate of drug-likeness (QED) is 0.715. The number of fused-ring (bicyclic) bond motifs is 1. The standard InChI is InChI=1S/C21H23N5O2/c1-15-5-4-7-18(11-15)28-19-8-3-2-6-16(19)12-22-21(27)25-17-9-10-20-23-14-24-26(20)13-17/h2-8,11,14,17H,9-10,12-13H2,1H3,(H2,22,25,27). The van der Waals surface area contributed by atoms with Crippen LogP contribution in [0.25, 0.3) is 0 Å². The highest BCUT2D eigenvalue weighted by Crippen LogP contribution is 2.25. The minimum absolute atomic E-state index is 0.0491. The summed E-state index contributed by atoms with van der Waals surface area (Å²) in [5.74, 6) is 2.49. The molecule has 0 aliphatic carbocycles. The summed E-state index contributed by atoms with van der Waals surface area (Å²) in [6.07, 6.45) is 3.24. The number of amides is 2. The molecule has 7 heteroatoms. The summed E-state index contributed by atoms with van der Waals surface area (Å²) < 4.78 is 7.86. The van der Waals surface area contributed by atoms with Gasteiger partial charge >= 0.3 is 6.03 Å². The molecule has 1 aromatic heterocycles. The molecule has 1 aliphatic heterocycles. The van der Waals surface area contributed by atoms with Crippen LogP contribution in [0.2, 0.25) is 0 Å². The molecule has 0 fully saturated rings. The Balaban J connectivity index is 1.34. The average molecular weight is 377 g/mol.